The van der Waals surface area contributed by atoms with E-state index in [0.29, 0.717) is 42.3 Å². The molecule has 13 heteroatoms. The predicted molar refractivity (Wildman–Crippen MR) is 120 cm³/mol. The van der Waals surface area contributed by atoms with Gasteiger partial charge in [-0.25, -0.2) is 24.9 Å². The molecule has 0 spiro atoms. The van der Waals surface area contributed by atoms with Crippen molar-refractivity contribution in [2.75, 3.05) is 12.4 Å². The first-order valence-corrected chi connectivity index (χ1v) is 10.4. The van der Waals surface area contributed by atoms with Crippen LogP contribution >= 0.6 is 0 Å². The third-order valence-electron chi connectivity index (χ3n) is 4.67. The Morgan fingerprint density at radius 2 is 1.77 bits per heavy atom. The summed E-state index contributed by atoms with van der Waals surface area (Å²) in [6.07, 6.45) is 0.659. The van der Waals surface area contributed by atoms with Crippen LogP contribution in [0.15, 0.2) is 43.0 Å². The fraction of sp³-hybridized carbons (Fsp3) is 0.318. The Kier molecular flexibility index (Phi) is 9.55. The number of aromatic nitrogens is 5. The highest BCUT2D eigenvalue weighted by Crippen LogP contribution is 2.28. The van der Waals surface area contributed by atoms with Crippen LogP contribution in [0, 0.1) is 6.92 Å². The number of hydrogen-bond acceptors (Lipinski definition) is 8. The van der Waals surface area contributed by atoms with Crippen LogP contribution in [0.25, 0.3) is 11.4 Å². The SMILES string of the molecule is CCC[C@@H](Nc1ncc(C(F)(F)F)cn1)N(C)C(=O)c1nc(C)ccc1-c1ncccn1.O=CO. The normalized spacial score (nSPS) is 11.6. The largest absolute Gasteiger partial charge is 0.483 e. The Bertz CT molecular complexity index is 1110. The fourth-order valence-electron chi connectivity index (χ4n) is 2.98. The van der Waals surface area contributed by atoms with Gasteiger partial charge >= 0.3 is 6.18 Å². The van der Waals surface area contributed by atoms with E-state index >= 15 is 0 Å². The molecule has 3 heterocycles. The average molecular weight is 491 g/mol. The van der Waals surface area contributed by atoms with Gasteiger partial charge in [0.2, 0.25) is 5.95 Å². The molecule has 10 nitrogen and oxygen atoms in total. The Balaban J connectivity index is 0.00000137. The summed E-state index contributed by atoms with van der Waals surface area (Å²) in [6.45, 7) is 3.44. The van der Waals surface area contributed by atoms with E-state index in [1.54, 1.807) is 44.6 Å². The lowest BCUT2D eigenvalue weighted by molar-refractivity contribution is -0.138. The Hall–Kier alpha value is -4.16. The van der Waals surface area contributed by atoms with Crippen LogP contribution in [0.5, 0.6) is 0 Å². The number of pyridine rings is 1. The number of carbonyl (C=O) groups is 2. The van der Waals surface area contributed by atoms with E-state index in [9.17, 15) is 18.0 Å². The van der Waals surface area contributed by atoms with Gasteiger partial charge in [0.1, 0.15) is 11.9 Å². The van der Waals surface area contributed by atoms with Crippen LogP contribution in [0.3, 0.4) is 0 Å². The van der Waals surface area contributed by atoms with Crippen molar-refractivity contribution in [1.82, 2.24) is 29.8 Å². The van der Waals surface area contributed by atoms with Crippen molar-refractivity contribution in [2.24, 2.45) is 0 Å². The van der Waals surface area contributed by atoms with Crippen LogP contribution in [-0.2, 0) is 11.0 Å². The number of carbonyl (C=O) groups excluding carboxylic acids is 1. The topological polar surface area (TPSA) is 134 Å². The first-order valence-electron chi connectivity index (χ1n) is 10.4. The zero-order chi connectivity index (χ0) is 26.0. The Labute approximate surface area is 199 Å². The molecule has 0 saturated heterocycles. The monoisotopic (exact) mass is 491 g/mol. The molecule has 0 aliphatic rings. The smallest absolute Gasteiger partial charge is 0.419 e. The molecular formula is C22H24F3N7O3. The van der Waals surface area contributed by atoms with Crippen molar-refractivity contribution in [1.29, 1.82) is 0 Å². The van der Waals surface area contributed by atoms with Crippen molar-refractivity contribution in [3.63, 3.8) is 0 Å². The second-order valence-electron chi connectivity index (χ2n) is 7.18. The fourth-order valence-corrected chi connectivity index (χ4v) is 2.98. The van der Waals surface area contributed by atoms with Gasteiger partial charge in [-0.3, -0.25) is 9.59 Å². The average Bonchev–Trinajstić information content (AvgIpc) is 2.83. The van der Waals surface area contributed by atoms with Crippen LogP contribution in [0.2, 0.25) is 0 Å². The first-order chi connectivity index (χ1) is 16.6. The second-order valence-corrected chi connectivity index (χ2v) is 7.18. The lowest BCUT2D eigenvalue weighted by atomic mass is 10.1. The molecule has 2 N–H and O–H groups in total. The molecule has 0 unspecified atom stereocenters. The van der Waals surface area contributed by atoms with E-state index in [2.05, 4.69) is 30.2 Å². The maximum Gasteiger partial charge on any atom is 0.419 e. The maximum absolute atomic E-state index is 13.4. The molecular weight excluding hydrogens is 467 g/mol. The Morgan fingerprint density at radius 3 is 2.31 bits per heavy atom. The minimum atomic E-state index is -4.53. The molecule has 186 valence electrons. The molecule has 3 aromatic heterocycles. The quantitative estimate of drug-likeness (QED) is 0.375. The maximum atomic E-state index is 13.4. The third kappa shape index (κ3) is 7.42. The summed E-state index contributed by atoms with van der Waals surface area (Å²) in [4.78, 5) is 43.5. The summed E-state index contributed by atoms with van der Waals surface area (Å²) in [5, 5.41) is 9.83. The van der Waals surface area contributed by atoms with Crippen molar-refractivity contribution in [3.05, 3.63) is 59.9 Å². The zero-order valence-corrected chi connectivity index (χ0v) is 19.2. The number of amides is 1. The molecule has 0 radical (unpaired) electrons. The standard InChI is InChI=1S/C21H22F3N7O.CH2O2/c1-4-6-16(30-20-27-11-14(12-28-20)21(22,23)24)31(3)19(32)17-15(8-7-13(2)29-17)18-25-9-5-10-26-18;2-1-3/h5,7-12,16H,4,6H2,1-3H3,(H,27,28,30);1H,(H,2,3)/t16-;/m0./s1. The molecule has 35 heavy (non-hydrogen) atoms. The van der Waals surface area contributed by atoms with Gasteiger partial charge < -0.3 is 15.3 Å². The van der Waals surface area contributed by atoms with E-state index in [1.807, 2.05) is 6.92 Å². The van der Waals surface area contributed by atoms with E-state index in [-0.39, 0.29) is 18.1 Å². The first kappa shape index (κ1) is 27.1. The lowest BCUT2D eigenvalue weighted by Crippen LogP contribution is -2.43. The van der Waals surface area contributed by atoms with Gasteiger partial charge in [0, 0.05) is 37.5 Å². The number of nitrogens with one attached hydrogen (secondary N) is 1. The van der Waals surface area contributed by atoms with Gasteiger partial charge in [0.15, 0.2) is 5.82 Å². The van der Waals surface area contributed by atoms with Crippen molar-refractivity contribution in [2.45, 2.75) is 39.0 Å². The number of carboxylic acid groups (broad SMARTS) is 1. The number of anilines is 1. The number of nitrogens with zero attached hydrogens (tertiary/aromatic N) is 6. The molecule has 0 bridgehead atoms. The minimum absolute atomic E-state index is 0.0140. The second kappa shape index (κ2) is 12.3. The molecule has 0 aliphatic heterocycles. The summed E-state index contributed by atoms with van der Waals surface area (Å²) in [5.74, 6) is -0.0447. The van der Waals surface area contributed by atoms with Gasteiger partial charge in [-0.15, -0.1) is 0 Å². The van der Waals surface area contributed by atoms with E-state index in [0.717, 1.165) is 0 Å². The molecule has 0 fully saturated rings. The summed E-state index contributed by atoms with van der Waals surface area (Å²) in [5.41, 5.74) is 0.354. The van der Waals surface area contributed by atoms with Crippen LogP contribution < -0.4 is 5.32 Å². The number of hydrogen-bond donors (Lipinski definition) is 2. The van der Waals surface area contributed by atoms with E-state index < -0.39 is 23.8 Å². The number of aryl methyl sites for hydroxylation is 1. The highest BCUT2D eigenvalue weighted by molar-refractivity contribution is 5.98. The van der Waals surface area contributed by atoms with Crippen molar-refractivity contribution < 1.29 is 27.9 Å². The molecule has 0 saturated carbocycles. The van der Waals surface area contributed by atoms with Gasteiger partial charge in [0.05, 0.1) is 11.1 Å². The summed E-state index contributed by atoms with van der Waals surface area (Å²) < 4.78 is 38.3. The van der Waals surface area contributed by atoms with E-state index in [1.165, 1.54) is 4.90 Å². The Morgan fingerprint density at radius 1 is 1.17 bits per heavy atom. The van der Waals surface area contributed by atoms with Crippen LogP contribution in [0.1, 0.15) is 41.5 Å². The highest BCUT2D eigenvalue weighted by atomic mass is 19.4. The summed E-state index contributed by atoms with van der Waals surface area (Å²) in [7, 11) is 1.58. The summed E-state index contributed by atoms with van der Waals surface area (Å²) in [6, 6.07) is 5.17. The molecule has 1 amide bonds. The zero-order valence-electron chi connectivity index (χ0n) is 19.2. The molecule has 3 rings (SSSR count). The van der Waals surface area contributed by atoms with E-state index in [4.69, 9.17) is 9.90 Å². The molecule has 0 aliphatic carbocycles. The molecule has 1 atom stereocenters. The van der Waals surface area contributed by atoms with Crippen LogP contribution in [0.4, 0.5) is 19.1 Å². The molecule has 0 aromatic carbocycles. The number of halogens is 3. The lowest BCUT2D eigenvalue weighted by Gasteiger charge is -2.29. The number of rotatable bonds is 7. The van der Waals surface area contributed by atoms with Crippen molar-refractivity contribution >= 4 is 18.3 Å². The minimum Gasteiger partial charge on any atom is -0.483 e. The van der Waals surface area contributed by atoms with Gasteiger partial charge in [0.25, 0.3) is 12.4 Å². The van der Waals surface area contributed by atoms with Gasteiger partial charge in [-0.1, -0.05) is 13.3 Å². The molecule has 3 aromatic rings. The third-order valence-corrected chi connectivity index (χ3v) is 4.67. The number of alkyl halides is 3. The van der Waals surface area contributed by atoms with Gasteiger partial charge in [-0.05, 0) is 31.5 Å². The summed E-state index contributed by atoms with van der Waals surface area (Å²) >= 11 is 0. The van der Waals surface area contributed by atoms with Gasteiger partial charge in [-0.2, -0.15) is 13.2 Å². The van der Waals surface area contributed by atoms with Crippen LogP contribution in [-0.4, -0.2) is 60.5 Å². The predicted octanol–water partition coefficient (Wildman–Crippen LogP) is 3.67. The van der Waals surface area contributed by atoms with Crippen molar-refractivity contribution in [3.8, 4) is 11.4 Å². The highest BCUT2D eigenvalue weighted by Gasteiger charge is 2.32.